The lowest BCUT2D eigenvalue weighted by atomic mass is 9.82. The maximum Gasteiger partial charge on any atom is 0.264 e. The number of aliphatic hydroxyl groups excluding tert-OH is 1. The summed E-state index contributed by atoms with van der Waals surface area (Å²) in [5, 5.41) is 14.6. The summed E-state index contributed by atoms with van der Waals surface area (Å²) in [6, 6.07) is 35.9. The van der Waals surface area contributed by atoms with Gasteiger partial charge in [0, 0.05) is 29.3 Å². The Kier molecular flexibility index (Phi) is 11.5. The van der Waals surface area contributed by atoms with Crippen molar-refractivity contribution in [2.75, 3.05) is 38.2 Å². The molecule has 8 rings (SSSR count). The highest BCUT2D eigenvalue weighted by Crippen LogP contribution is 2.60. The highest BCUT2D eigenvalue weighted by atomic mass is 28.3. The van der Waals surface area contributed by atoms with Crippen molar-refractivity contribution < 1.29 is 38.4 Å². The number of carbonyl (C=O) groups is 3. The van der Waals surface area contributed by atoms with Crippen LogP contribution in [-0.2, 0) is 39.4 Å². The third-order valence-electron chi connectivity index (χ3n) is 13.2. The summed E-state index contributed by atoms with van der Waals surface area (Å²) in [6.45, 7) is 7.18. The van der Waals surface area contributed by atoms with E-state index in [9.17, 15) is 14.7 Å². The normalized spacial score (nSPS) is 21.9. The molecule has 61 heavy (non-hydrogen) atoms. The Labute approximate surface area is 358 Å². The summed E-state index contributed by atoms with van der Waals surface area (Å²) in [5.74, 6) is 1.12. The van der Waals surface area contributed by atoms with Crippen LogP contribution in [-0.4, -0.2) is 75.9 Å². The van der Waals surface area contributed by atoms with Crippen LogP contribution in [0.25, 0.3) is 0 Å². The van der Waals surface area contributed by atoms with Gasteiger partial charge in [0.15, 0.2) is 5.60 Å². The van der Waals surface area contributed by atoms with E-state index in [2.05, 4.69) is 43.5 Å². The molecule has 1 spiro atoms. The number of nitrogens with one attached hydrogen (secondary N) is 1. The molecule has 5 aromatic carbocycles. The van der Waals surface area contributed by atoms with Crippen LogP contribution in [0.5, 0.6) is 17.2 Å². The van der Waals surface area contributed by atoms with E-state index in [1.165, 1.54) is 0 Å². The van der Waals surface area contributed by atoms with Crippen LogP contribution in [0, 0.1) is 5.92 Å². The average molecular weight is 840 g/mol. The van der Waals surface area contributed by atoms with Gasteiger partial charge in [0.05, 0.1) is 66.8 Å². The number of rotatable bonds is 12. The molecule has 5 atom stereocenters. The standard InChI is InChI=1S/C49H53N3O8Si/c1-31-46(61(5,6)41-22-19-39(58-3)20-23-41)44(27-45(54)51-29-35-10-8-7-9-34(35)25-37(51)30-53)60-49(31)42-26-40(59-4)21-24-43(42)52(48(49)56)28-32-11-15-36(16-12-32)50-47(55)33-13-17-38(57-2)18-14-33/h7-24,26,31,37,44,46,53H,25,27-30H2,1-6H3,(H,50,55)/t31-,37+,44+,46-,49+/m1/s1. The fourth-order valence-electron chi connectivity index (χ4n) is 9.93. The van der Waals surface area contributed by atoms with E-state index in [0.29, 0.717) is 41.3 Å². The molecule has 12 heteroatoms. The molecule has 2 N–H and O–H groups in total. The fraction of sp³-hybridized carbons (Fsp3) is 0.327. The quantitative estimate of drug-likeness (QED) is 0.128. The minimum Gasteiger partial charge on any atom is -0.497 e. The summed E-state index contributed by atoms with van der Waals surface area (Å²) >= 11 is 0. The number of methoxy groups -OCH3 is 3. The first-order valence-electron chi connectivity index (χ1n) is 20.8. The number of nitrogens with zero attached hydrogens (tertiary/aromatic N) is 2. The van der Waals surface area contributed by atoms with E-state index in [4.69, 9.17) is 18.9 Å². The van der Waals surface area contributed by atoms with Crippen molar-refractivity contribution >= 4 is 42.4 Å². The topological polar surface area (TPSA) is 127 Å². The van der Waals surface area contributed by atoms with Gasteiger partial charge in [-0.25, -0.2) is 0 Å². The first-order valence-corrected chi connectivity index (χ1v) is 23.8. The van der Waals surface area contributed by atoms with Crippen LogP contribution in [0.2, 0.25) is 18.6 Å². The Balaban J connectivity index is 1.13. The van der Waals surface area contributed by atoms with Crippen molar-refractivity contribution in [3.8, 4) is 17.2 Å². The molecule has 0 aromatic heterocycles. The van der Waals surface area contributed by atoms with E-state index in [0.717, 1.165) is 33.3 Å². The van der Waals surface area contributed by atoms with Crippen molar-refractivity contribution in [2.45, 2.75) is 69.2 Å². The molecule has 0 unspecified atom stereocenters. The van der Waals surface area contributed by atoms with Crippen molar-refractivity contribution in [1.29, 1.82) is 0 Å². The second-order valence-corrected chi connectivity index (χ2v) is 21.5. The van der Waals surface area contributed by atoms with Crippen molar-refractivity contribution in [1.82, 2.24) is 4.90 Å². The first kappa shape index (κ1) is 41.8. The largest absolute Gasteiger partial charge is 0.497 e. The number of carbonyl (C=O) groups excluding carboxylic acids is 3. The molecule has 3 heterocycles. The highest BCUT2D eigenvalue weighted by molar-refractivity contribution is 6.91. The fourth-order valence-corrected chi connectivity index (χ4v) is 13.9. The molecule has 0 radical (unpaired) electrons. The van der Waals surface area contributed by atoms with Gasteiger partial charge < -0.3 is 39.2 Å². The minimum absolute atomic E-state index is 0.0539. The summed E-state index contributed by atoms with van der Waals surface area (Å²) in [5.41, 5.74) is 4.03. The highest BCUT2D eigenvalue weighted by Gasteiger charge is 2.66. The zero-order valence-corrected chi connectivity index (χ0v) is 36.5. The zero-order valence-electron chi connectivity index (χ0n) is 35.5. The number of aliphatic hydroxyl groups is 1. The lowest BCUT2D eigenvalue weighted by molar-refractivity contribution is -0.151. The Morgan fingerprint density at radius 2 is 1.46 bits per heavy atom. The van der Waals surface area contributed by atoms with Gasteiger partial charge in [0.2, 0.25) is 5.91 Å². The molecule has 3 amide bonds. The number of benzene rings is 5. The molecule has 3 aliphatic rings. The molecule has 1 fully saturated rings. The van der Waals surface area contributed by atoms with Gasteiger partial charge in [-0.05, 0) is 95.4 Å². The van der Waals surface area contributed by atoms with Crippen LogP contribution in [0.1, 0.15) is 46.0 Å². The number of hydrogen-bond donors (Lipinski definition) is 2. The van der Waals surface area contributed by atoms with E-state index in [1.54, 1.807) is 55.4 Å². The molecule has 11 nitrogen and oxygen atoms in total. The Morgan fingerprint density at radius 1 is 0.836 bits per heavy atom. The van der Waals surface area contributed by atoms with Gasteiger partial charge in [-0.15, -0.1) is 0 Å². The molecular formula is C49H53N3O8Si. The van der Waals surface area contributed by atoms with Crippen LogP contribution >= 0.6 is 0 Å². The van der Waals surface area contributed by atoms with Crippen LogP contribution < -0.4 is 29.6 Å². The van der Waals surface area contributed by atoms with Gasteiger partial charge in [-0.1, -0.05) is 73.7 Å². The second kappa shape index (κ2) is 16.8. The monoisotopic (exact) mass is 839 g/mol. The molecular weight excluding hydrogens is 787 g/mol. The minimum atomic E-state index is -2.56. The van der Waals surface area contributed by atoms with E-state index >= 15 is 4.79 Å². The zero-order chi connectivity index (χ0) is 43.1. The number of fused-ring (bicyclic) bond motifs is 3. The van der Waals surface area contributed by atoms with Gasteiger partial charge in [-0.2, -0.15) is 0 Å². The van der Waals surface area contributed by atoms with Gasteiger partial charge in [0.25, 0.3) is 11.8 Å². The predicted molar refractivity (Wildman–Crippen MR) is 237 cm³/mol. The van der Waals surface area contributed by atoms with Crippen molar-refractivity contribution in [3.05, 3.63) is 143 Å². The lowest BCUT2D eigenvalue weighted by Gasteiger charge is -2.39. The molecule has 0 saturated carbocycles. The van der Waals surface area contributed by atoms with Crippen molar-refractivity contribution in [3.63, 3.8) is 0 Å². The third-order valence-corrected chi connectivity index (χ3v) is 17.6. The Bertz CT molecular complexity index is 2420. The van der Waals surface area contributed by atoms with Gasteiger partial charge in [-0.3, -0.25) is 14.4 Å². The molecule has 1 saturated heterocycles. The second-order valence-electron chi connectivity index (χ2n) is 16.8. The third kappa shape index (κ3) is 7.57. The maximum atomic E-state index is 15.4. The summed E-state index contributed by atoms with van der Waals surface area (Å²) in [6.07, 6.45) is 0.00804. The Hall–Kier alpha value is -5.95. The smallest absolute Gasteiger partial charge is 0.264 e. The van der Waals surface area contributed by atoms with Crippen LogP contribution in [0.3, 0.4) is 0 Å². The van der Waals surface area contributed by atoms with E-state index in [1.807, 2.05) is 72.8 Å². The molecule has 0 aliphatic carbocycles. The molecule has 316 valence electrons. The maximum absolute atomic E-state index is 15.4. The number of ether oxygens (including phenoxy) is 4. The van der Waals surface area contributed by atoms with E-state index in [-0.39, 0.29) is 54.8 Å². The number of amides is 3. The number of anilines is 2. The summed E-state index contributed by atoms with van der Waals surface area (Å²) in [4.78, 5) is 46.7. The van der Waals surface area contributed by atoms with Crippen LogP contribution in [0.4, 0.5) is 11.4 Å². The molecule has 3 aliphatic heterocycles. The van der Waals surface area contributed by atoms with Gasteiger partial charge in [0.1, 0.15) is 17.2 Å². The summed E-state index contributed by atoms with van der Waals surface area (Å²) < 4.78 is 23.8. The van der Waals surface area contributed by atoms with Crippen molar-refractivity contribution in [2.24, 2.45) is 5.92 Å². The molecule has 0 bridgehead atoms. The Morgan fingerprint density at radius 3 is 2.10 bits per heavy atom. The average Bonchev–Trinajstić information content (AvgIpc) is 3.71. The SMILES string of the molecule is COc1ccc(C(=O)Nc2ccc(CN3C(=O)[C@@]4(O[C@@H](CC(=O)N5Cc6ccccc6C[C@H]5CO)[C@H]([Si](C)(C)c5ccc(OC)cc5)[C@H]4C)c4cc(OC)ccc43)cc2)cc1. The predicted octanol–water partition coefficient (Wildman–Crippen LogP) is 7.06. The summed E-state index contributed by atoms with van der Waals surface area (Å²) in [7, 11) is 2.27. The first-order chi connectivity index (χ1) is 29.4. The van der Waals surface area contributed by atoms with E-state index < -0.39 is 19.8 Å². The van der Waals surface area contributed by atoms with Gasteiger partial charge >= 0.3 is 0 Å². The number of hydrogen-bond acceptors (Lipinski definition) is 8. The molecule has 5 aromatic rings. The van der Waals surface area contributed by atoms with Crippen LogP contribution in [0.15, 0.2) is 115 Å². The lowest BCUT2D eigenvalue weighted by Crippen LogP contribution is -2.52.